The zero-order valence-electron chi connectivity index (χ0n) is 17.1. The number of furan rings is 1. The lowest BCUT2D eigenvalue weighted by molar-refractivity contribution is 0.607. The Morgan fingerprint density at radius 2 is 1.35 bits per heavy atom. The molecule has 6 rings (SSSR count). The minimum atomic E-state index is 0.742. The van der Waals surface area contributed by atoms with Crippen molar-refractivity contribution in [3.63, 3.8) is 0 Å². The molecule has 2 aliphatic rings. The predicted molar refractivity (Wildman–Crippen MR) is 126 cm³/mol. The highest BCUT2D eigenvalue weighted by molar-refractivity contribution is 6.00. The van der Waals surface area contributed by atoms with Crippen molar-refractivity contribution in [3.8, 4) is 0 Å². The van der Waals surface area contributed by atoms with Crippen LogP contribution in [0.25, 0.3) is 11.0 Å². The van der Waals surface area contributed by atoms with Gasteiger partial charge in [0, 0.05) is 24.0 Å². The minimum Gasteiger partial charge on any atom is -0.455 e. The van der Waals surface area contributed by atoms with Gasteiger partial charge in [0.15, 0.2) is 0 Å². The number of anilines is 2. The second-order valence-corrected chi connectivity index (χ2v) is 7.90. The molecular formula is C26H22N4O. The second-order valence-electron chi connectivity index (χ2n) is 7.90. The Bertz CT molecular complexity index is 1320. The first-order valence-corrected chi connectivity index (χ1v) is 10.7. The highest BCUT2D eigenvalue weighted by Gasteiger charge is 2.18. The number of hydrogen-bond acceptors (Lipinski definition) is 5. The summed E-state index contributed by atoms with van der Waals surface area (Å²) >= 11 is 0. The molecule has 0 bridgehead atoms. The molecule has 3 aromatic carbocycles. The van der Waals surface area contributed by atoms with Crippen molar-refractivity contribution < 1.29 is 4.42 Å². The van der Waals surface area contributed by atoms with E-state index in [0.717, 1.165) is 48.2 Å². The van der Waals surface area contributed by atoms with Gasteiger partial charge in [-0.2, -0.15) is 10.2 Å². The van der Waals surface area contributed by atoms with Gasteiger partial charge in [-0.15, -0.1) is 0 Å². The molecule has 0 amide bonds. The fourth-order valence-electron chi connectivity index (χ4n) is 4.42. The van der Waals surface area contributed by atoms with Gasteiger partial charge >= 0.3 is 0 Å². The largest absolute Gasteiger partial charge is 0.455 e. The van der Waals surface area contributed by atoms with Gasteiger partial charge in [0.1, 0.15) is 11.3 Å². The van der Waals surface area contributed by atoms with Crippen molar-refractivity contribution in [2.75, 3.05) is 23.1 Å². The van der Waals surface area contributed by atoms with E-state index >= 15 is 0 Å². The lowest BCUT2D eigenvalue weighted by atomic mass is 10.1. The van der Waals surface area contributed by atoms with Gasteiger partial charge in [-0.3, -0.25) is 10.0 Å². The Kier molecular flexibility index (Phi) is 4.31. The van der Waals surface area contributed by atoms with Crippen molar-refractivity contribution in [2.24, 2.45) is 10.2 Å². The summed E-state index contributed by atoms with van der Waals surface area (Å²) in [5.41, 5.74) is 6.94. The fraction of sp³-hybridized carbons (Fsp3) is 0.154. The van der Waals surface area contributed by atoms with Crippen molar-refractivity contribution in [1.82, 2.24) is 0 Å². The second kappa shape index (κ2) is 7.43. The average molecular weight is 406 g/mol. The van der Waals surface area contributed by atoms with Gasteiger partial charge in [-0.1, -0.05) is 48.5 Å². The number of para-hydroxylation sites is 2. The molecule has 0 unspecified atom stereocenters. The molecule has 0 fully saturated rings. The third kappa shape index (κ3) is 3.28. The van der Waals surface area contributed by atoms with E-state index in [1.807, 2.05) is 29.4 Å². The van der Waals surface area contributed by atoms with Gasteiger partial charge in [0.25, 0.3) is 0 Å². The van der Waals surface area contributed by atoms with E-state index in [-0.39, 0.29) is 0 Å². The Morgan fingerprint density at radius 1 is 0.710 bits per heavy atom. The molecule has 5 nitrogen and oxygen atoms in total. The number of hydrogen-bond donors (Lipinski definition) is 0. The molecule has 1 aromatic heterocycles. The maximum atomic E-state index is 6.03. The Morgan fingerprint density at radius 3 is 2.06 bits per heavy atom. The van der Waals surface area contributed by atoms with E-state index in [9.17, 15) is 0 Å². The molecule has 3 heterocycles. The van der Waals surface area contributed by atoms with E-state index < -0.39 is 0 Å². The standard InChI is InChI=1S/C26H22N4O/c1-3-9-24-19(6-1)12-14-29(24)27-17-21-8-5-11-26-23(21)16-22(31-26)18-28-30-15-13-20-7-2-4-10-25(20)30/h1-11,16-18H,12-15H2. The molecule has 4 aromatic rings. The molecule has 0 saturated carbocycles. The zero-order chi connectivity index (χ0) is 20.6. The van der Waals surface area contributed by atoms with E-state index in [4.69, 9.17) is 9.52 Å². The monoisotopic (exact) mass is 406 g/mol. The highest BCUT2D eigenvalue weighted by Crippen LogP contribution is 2.29. The maximum absolute atomic E-state index is 6.03. The molecule has 0 saturated heterocycles. The molecule has 31 heavy (non-hydrogen) atoms. The first-order valence-electron chi connectivity index (χ1n) is 10.7. The third-order valence-electron chi connectivity index (χ3n) is 6.00. The van der Waals surface area contributed by atoms with Crippen LogP contribution in [0.1, 0.15) is 22.5 Å². The van der Waals surface area contributed by atoms with Gasteiger partial charge in [0.05, 0.1) is 23.8 Å². The summed E-state index contributed by atoms with van der Waals surface area (Å²) in [5.74, 6) is 0.742. The number of fused-ring (bicyclic) bond motifs is 3. The van der Waals surface area contributed by atoms with Crippen molar-refractivity contribution in [1.29, 1.82) is 0 Å². The highest BCUT2D eigenvalue weighted by atomic mass is 16.3. The normalized spacial score (nSPS) is 15.5. The van der Waals surface area contributed by atoms with Crippen LogP contribution in [0.15, 0.2) is 87.4 Å². The van der Waals surface area contributed by atoms with E-state index in [0.29, 0.717) is 0 Å². The van der Waals surface area contributed by atoms with Crippen LogP contribution in [0.2, 0.25) is 0 Å². The lowest BCUT2D eigenvalue weighted by Crippen LogP contribution is -2.12. The molecular weight excluding hydrogens is 384 g/mol. The Balaban J connectivity index is 1.26. The Hall–Kier alpha value is -3.86. The van der Waals surface area contributed by atoms with Crippen LogP contribution in [0.4, 0.5) is 11.4 Å². The van der Waals surface area contributed by atoms with Crippen LogP contribution in [0, 0.1) is 0 Å². The topological polar surface area (TPSA) is 44.3 Å². The third-order valence-corrected chi connectivity index (χ3v) is 6.00. The Labute approximate surface area is 180 Å². The molecule has 0 spiro atoms. The molecule has 0 radical (unpaired) electrons. The van der Waals surface area contributed by atoms with Crippen molar-refractivity contribution in [3.05, 3.63) is 95.2 Å². The number of nitrogens with zero attached hydrogens (tertiary/aromatic N) is 4. The van der Waals surface area contributed by atoms with Crippen LogP contribution in [0.5, 0.6) is 0 Å². The van der Waals surface area contributed by atoms with Gasteiger partial charge in [0.2, 0.25) is 0 Å². The first kappa shape index (κ1) is 18.0. The van der Waals surface area contributed by atoms with Gasteiger partial charge < -0.3 is 4.42 Å². The fourth-order valence-corrected chi connectivity index (χ4v) is 4.42. The van der Waals surface area contributed by atoms with Crippen LogP contribution in [0.3, 0.4) is 0 Å². The molecule has 0 atom stereocenters. The van der Waals surface area contributed by atoms with Crippen molar-refractivity contribution in [2.45, 2.75) is 12.8 Å². The smallest absolute Gasteiger partial charge is 0.148 e. The summed E-state index contributed by atoms with van der Waals surface area (Å²) in [4.78, 5) is 0. The summed E-state index contributed by atoms with van der Waals surface area (Å²) in [5, 5.41) is 14.6. The summed E-state index contributed by atoms with van der Waals surface area (Å²) in [6.07, 6.45) is 5.79. The number of rotatable bonds is 4. The lowest BCUT2D eigenvalue weighted by Gasteiger charge is -2.12. The van der Waals surface area contributed by atoms with Crippen LogP contribution in [-0.4, -0.2) is 25.5 Å². The first-order chi connectivity index (χ1) is 15.3. The van der Waals surface area contributed by atoms with Crippen LogP contribution >= 0.6 is 0 Å². The average Bonchev–Trinajstić information content (AvgIpc) is 3.52. The molecule has 152 valence electrons. The number of benzene rings is 3. The summed E-state index contributed by atoms with van der Waals surface area (Å²) < 4.78 is 6.03. The predicted octanol–water partition coefficient (Wildman–Crippen LogP) is 5.23. The summed E-state index contributed by atoms with van der Waals surface area (Å²) in [6.45, 7) is 1.80. The summed E-state index contributed by atoms with van der Waals surface area (Å²) in [7, 11) is 0. The zero-order valence-corrected chi connectivity index (χ0v) is 17.1. The van der Waals surface area contributed by atoms with Crippen LogP contribution in [-0.2, 0) is 12.8 Å². The van der Waals surface area contributed by atoms with Crippen molar-refractivity contribution >= 4 is 34.8 Å². The van der Waals surface area contributed by atoms with E-state index in [1.54, 1.807) is 6.21 Å². The molecule has 0 aliphatic carbocycles. The van der Waals surface area contributed by atoms with E-state index in [1.165, 1.54) is 22.5 Å². The van der Waals surface area contributed by atoms with Crippen LogP contribution < -0.4 is 10.0 Å². The quantitative estimate of drug-likeness (QED) is 0.436. The molecule has 0 N–H and O–H groups in total. The summed E-state index contributed by atoms with van der Waals surface area (Å²) in [6, 6.07) is 25.0. The number of hydrazone groups is 2. The minimum absolute atomic E-state index is 0.742. The maximum Gasteiger partial charge on any atom is 0.148 e. The molecule has 5 heteroatoms. The molecule has 2 aliphatic heterocycles. The van der Waals surface area contributed by atoms with E-state index in [2.05, 4.69) is 64.7 Å². The van der Waals surface area contributed by atoms with Gasteiger partial charge in [-0.05, 0) is 48.2 Å². The van der Waals surface area contributed by atoms with Gasteiger partial charge in [-0.25, -0.2) is 0 Å². The SMILES string of the molecule is C(=NN1CCc2ccccc21)c1cc2c(C=NN3CCc4ccccc43)cccc2o1.